The van der Waals surface area contributed by atoms with E-state index in [0.717, 1.165) is 20.9 Å². The Morgan fingerprint density at radius 1 is 0.419 bits per heavy atom. The molecular weight excluding hydrogens is 416 g/mol. The summed E-state index contributed by atoms with van der Waals surface area (Å²) < 4.78 is 5.96. The summed E-state index contributed by atoms with van der Waals surface area (Å²) in [6.07, 6.45) is 8.50. The lowest BCUT2D eigenvalue weighted by molar-refractivity contribution is 0.756. The van der Waals surface area contributed by atoms with Gasteiger partial charge in [0.25, 0.3) is 0 Å². The third kappa shape index (κ3) is 6.50. The van der Waals surface area contributed by atoms with Crippen LogP contribution in [0.4, 0.5) is 0 Å². The Labute approximate surface area is 192 Å². The zero-order valence-electron chi connectivity index (χ0n) is 16.9. The summed E-state index contributed by atoms with van der Waals surface area (Å²) in [6.45, 7) is 0. The van der Waals surface area contributed by atoms with Crippen molar-refractivity contribution in [2.45, 2.75) is 9.79 Å². The van der Waals surface area contributed by atoms with Crippen molar-refractivity contribution in [3.63, 3.8) is 0 Å². The molecular formula is C28H22OS2. The topological polar surface area (TPSA) is 9.23 Å². The molecule has 1 nitrogen and oxygen atoms in total. The molecule has 152 valence electrons. The highest BCUT2D eigenvalue weighted by Crippen LogP contribution is 2.34. The second-order valence-corrected chi connectivity index (χ2v) is 8.56. The summed E-state index contributed by atoms with van der Waals surface area (Å²) in [6, 6.07) is 37.1. The zero-order chi connectivity index (χ0) is 21.1. The van der Waals surface area contributed by atoms with E-state index in [1.54, 1.807) is 0 Å². The van der Waals surface area contributed by atoms with Gasteiger partial charge in [-0.3, -0.25) is 0 Å². The van der Waals surface area contributed by atoms with E-state index in [9.17, 15) is 0 Å². The quantitative estimate of drug-likeness (QED) is 0.201. The minimum atomic E-state index is 1.08. The Hall–Kier alpha value is -2.98. The number of hydrogen-bond donors (Lipinski definition) is 0. The van der Waals surface area contributed by atoms with Crippen LogP contribution >= 0.6 is 24.1 Å². The number of benzene rings is 4. The highest BCUT2D eigenvalue weighted by Gasteiger charge is 2.05. The molecule has 0 fully saturated rings. The van der Waals surface area contributed by atoms with E-state index >= 15 is 0 Å². The van der Waals surface area contributed by atoms with Crippen LogP contribution in [0.5, 0.6) is 0 Å². The maximum Gasteiger partial charge on any atom is 0.0454 e. The van der Waals surface area contributed by atoms with Crippen LogP contribution in [-0.4, -0.2) is 0 Å². The first-order valence-electron chi connectivity index (χ1n) is 10.0. The molecule has 0 spiro atoms. The van der Waals surface area contributed by atoms with Crippen molar-refractivity contribution in [2.24, 2.45) is 0 Å². The monoisotopic (exact) mass is 438 g/mol. The Morgan fingerprint density at radius 3 is 1.26 bits per heavy atom. The number of rotatable bonds is 8. The van der Waals surface area contributed by atoms with Gasteiger partial charge in [0.2, 0.25) is 0 Å². The lowest BCUT2D eigenvalue weighted by Gasteiger charge is -2.07. The van der Waals surface area contributed by atoms with Crippen LogP contribution in [-0.2, 0) is 3.63 Å². The fraction of sp³-hybridized carbons (Fsp3) is 0. The normalized spacial score (nSPS) is 11.4. The van der Waals surface area contributed by atoms with Crippen LogP contribution < -0.4 is 0 Å². The van der Waals surface area contributed by atoms with E-state index in [4.69, 9.17) is 3.63 Å². The number of hydrogen-bond acceptors (Lipinski definition) is 3. The van der Waals surface area contributed by atoms with Crippen molar-refractivity contribution < 1.29 is 3.63 Å². The predicted octanol–water partition coefficient (Wildman–Crippen LogP) is 8.76. The van der Waals surface area contributed by atoms with Gasteiger partial charge in [0.05, 0.1) is 0 Å². The third-order valence-corrected chi connectivity index (χ3v) is 6.24. The van der Waals surface area contributed by atoms with Gasteiger partial charge < -0.3 is 0 Å². The molecule has 0 aliphatic heterocycles. The highest BCUT2D eigenvalue weighted by molar-refractivity contribution is 8.08. The second-order valence-electron chi connectivity index (χ2n) is 6.80. The lowest BCUT2D eigenvalue weighted by atomic mass is 10.1. The van der Waals surface area contributed by atoms with Crippen molar-refractivity contribution in [3.05, 3.63) is 131 Å². The summed E-state index contributed by atoms with van der Waals surface area (Å²) in [4.78, 5) is 2.17. The third-order valence-electron chi connectivity index (χ3n) is 4.60. The first-order valence-corrected chi connectivity index (χ1v) is 11.5. The van der Waals surface area contributed by atoms with E-state index in [1.807, 2.05) is 60.7 Å². The van der Waals surface area contributed by atoms with Crippen LogP contribution in [0.2, 0.25) is 0 Å². The maximum absolute atomic E-state index is 5.96. The molecule has 0 aliphatic carbocycles. The van der Waals surface area contributed by atoms with E-state index in [-0.39, 0.29) is 0 Å². The van der Waals surface area contributed by atoms with Crippen molar-refractivity contribution in [1.29, 1.82) is 0 Å². The fourth-order valence-electron chi connectivity index (χ4n) is 2.98. The first-order chi connectivity index (χ1) is 15.4. The van der Waals surface area contributed by atoms with E-state index in [2.05, 4.69) is 72.8 Å². The second kappa shape index (κ2) is 11.4. The van der Waals surface area contributed by atoms with Crippen LogP contribution in [0.15, 0.2) is 119 Å². The molecule has 31 heavy (non-hydrogen) atoms. The lowest BCUT2D eigenvalue weighted by Crippen LogP contribution is -1.82. The molecule has 0 saturated carbocycles. The molecule has 0 bridgehead atoms. The molecule has 0 radical (unpaired) electrons. The first kappa shape index (κ1) is 21.3. The van der Waals surface area contributed by atoms with Crippen LogP contribution in [0.3, 0.4) is 0 Å². The molecule has 0 aromatic heterocycles. The summed E-state index contributed by atoms with van der Waals surface area (Å²) >= 11 is 2.78. The molecule has 0 amide bonds. The summed E-state index contributed by atoms with van der Waals surface area (Å²) in [5.74, 6) is 0. The van der Waals surface area contributed by atoms with Gasteiger partial charge in [0, 0.05) is 33.9 Å². The molecule has 4 aromatic rings. The summed E-state index contributed by atoms with van der Waals surface area (Å²) in [7, 11) is 0. The Balaban J connectivity index is 1.41. The average molecular weight is 439 g/mol. The Morgan fingerprint density at radius 2 is 0.806 bits per heavy atom. The standard InChI is InChI=1S/C28H22OS2/c1-3-11-23(12-4-1)19-21-25-15-7-9-17-27(25)30-29-31-28-18-10-8-16-26(28)22-20-24-13-5-2-6-14-24/h1-22H. The molecule has 0 unspecified atom stereocenters. The van der Waals surface area contributed by atoms with Gasteiger partial charge in [0.1, 0.15) is 0 Å². The molecule has 0 atom stereocenters. The molecule has 3 heteroatoms. The average Bonchev–Trinajstić information content (AvgIpc) is 2.84. The van der Waals surface area contributed by atoms with E-state index < -0.39 is 0 Å². The van der Waals surface area contributed by atoms with Crippen LogP contribution in [0.1, 0.15) is 22.3 Å². The SMILES string of the molecule is C(=Cc1ccccc1SOSc1ccccc1C=Cc1ccccc1)c1ccccc1. The largest absolute Gasteiger partial charge is 0.237 e. The van der Waals surface area contributed by atoms with Crippen molar-refractivity contribution in [2.75, 3.05) is 0 Å². The highest BCUT2D eigenvalue weighted by atomic mass is 32.2. The molecule has 0 heterocycles. The molecule has 0 aliphatic rings. The van der Waals surface area contributed by atoms with Gasteiger partial charge in [-0.15, -0.1) is 0 Å². The smallest absolute Gasteiger partial charge is 0.0454 e. The van der Waals surface area contributed by atoms with E-state index in [0.29, 0.717) is 0 Å². The molecule has 4 aromatic carbocycles. The predicted molar refractivity (Wildman–Crippen MR) is 136 cm³/mol. The van der Waals surface area contributed by atoms with Crippen LogP contribution in [0, 0.1) is 0 Å². The van der Waals surface area contributed by atoms with Crippen molar-refractivity contribution >= 4 is 48.4 Å². The van der Waals surface area contributed by atoms with Gasteiger partial charge in [0.15, 0.2) is 0 Å². The van der Waals surface area contributed by atoms with Crippen LogP contribution in [0.25, 0.3) is 24.3 Å². The molecule has 0 saturated heterocycles. The maximum atomic E-state index is 5.96. The van der Waals surface area contributed by atoms with Gasteiger partial charge in [-0.2, -0.15) is 0 Å². The summed E-state index contributed by atoms with van der Waals surface area (Å²) in [5.41, 5.74) is 4.62. The Kier molecular flexibility index (Phi) is 7.83. The van der Waals surface area contributed by atoms with Crippen molar-refractivity contribution in [1.82, 2.24) is 0 Å². The molecule has 4 rings (SSSR count). The van der Waals surface area contributed by atoms with Crippen molar-refractivity contribution in [3.8, 4) is 0 Å². The molecule has 0 N–H and O–H groups in total. The van der Waals surface area contributed by atoms with E-state index in [1.165, 1.54) is 35.2 Å². The minimum absolute atomic E-state index is 1.08. The van der Waals surface area contributed by atoms with Gasteiger partial charge in [-0.05, 0) is 34.4 Å². The Bertz CT molecular complexity index is 1060. The fourth-order valence-corrected chi connectivity index (χ4v) is 4.43. The zero-order valence-corrected chi connectivity index (χ0v) is 18.6. The van der Waals surface area contributed by atoms with Gasteiger partial charge in [-0.25, -0.2) is 3.63 Å². The summed E-state index contributed by atoms with van der Waals surface area (Å²) in [5, 5.41) is 0. The van der Waals surface area contributed by atoms with Gasteiger partial charge in [-0.1, -0.05) is 121 Å². The van der Waals surface area contributed by atoms with Gasteiger partial charge >= 0.3 is 0 Å². The minimum Gasteiger partial charge on any atom is -0.237 e.